The van der Waals surface area contributed by atoms with Crippen molar-refractivity contribution in [3.63, 3.8) is 0 Å². The first-order valence-electron chi connectivity index (χ1n) is 5.89. The molecule has 1 fully saturated rings. The van der Waals surface area contributed by atoms with Crippen molar-refractivity contribution in [1.29, 1.82) is 0 Å². The average molecular weight is 221 g/mol. The van der Waals surface area contributed by atoms with Gasteiger partial charge in [-0.2, -0.15) is 0 Å². The standard InChI is InChI=1S/C13H19NO2/c1-2-4-13(5-3-1)14-7-9-16-11-12-6-8-15-10-12/h1-5,12,14H,6-11H2. The number of nitrogens with one attached hydrogen (secondary N) is 1. The highest BCUT2D eigenvalue weighted by Crippen LogP contribution is 2.12. The predicted molar refractivity (Wildman–Crippen MR) is 64.7 cm³/mol. The van der Waals surface area contributed by atoms with Crippen molar-refractivity contribution in [2.24, 2.45) is 5.92 Å². The van der Waals surface area contributed by atoms with Gasteiger partial charge in [-0.3, -0.25) is 0 Å². The van der Waals surface area contributed by atoms with Crippen molar-refractivity contribution in [3.8, 4) is 0 Å². The van der Waals surface area contributed by atoms with E-state index in [0.29, 0.717) is 5.92 Å². The average Bonchev–Trinajstić information content (AvgIpc) is 2.83. The lowest BCUT2D eigenvalue weighted by Gasteiger charge is -2.09. The first-order chi connectivity index (χ1) is 7.95. The molecule has 1 aromatic rings. The molecule has 0 aliphatic carbocycles. The maximum Gasteiger partial charge on any atom is 0.0639 e. The molecule has 16 heavy (non-hydrogen) atoms. The Labute approximate surface area is 96.8 Å². The Kier molecular flexibility index (Phi) is 4.65. The molecule has 3 heteroatoms. The van der Waals surface area contributed by atoms with Crippen molar-refractivity contribution in [2.75, 3.05) is 38.3 Å². The van der Waals surface area contributed by atoms with Crippen LogP contribution in [0.5, 0.6) is 0 Å². The Morgan fingerprint density at radius 2 is 2.19 bits per heavy atom. The molecule has 0 saturated carbocycles. The van der Waals surface area contributed by atoms with Crippen LogP contribution >= 0.6 is 0 Å². The molecule has 1 atom stereocenters. The van der Waals surface area contributed by atoms with Crippen LogP contribution in [0, 0.1) is 5.92 Å². The second-order valence-corrected chi connectivity index (χ2v) is 4.10. The molecule has 1 unspecified atom stereocenters. The Morgan fingerprint density at radius 1 is 1.31 bits per heavy atom. The van der Waals surface area contributed by atoms with E-state index in [-0.39, 0.29) is 0 Å². The predicted octanol–water partition coefficient (Wildman–Crippen LogP) is 2.15. The van der Waals surface area contributed by atoms with E-state index in [2.05, 4.69) is 17.4 Å². The lowest BCUT2D eigenvalue weighted by atomic mass is 10.1. The summed E-state index contributed by atoms with van der Waals surface area (Å²) in [5.41, 5.74) is 1.15. The van der Waals surface area contributed by atoms with Gasteiger partial charge in [0.2, 0.25) is 0 Å². The third-order valence-corrected chi connectivity index (χ3v) is 2.73. The lowest BCUT2D eigenvalue weighted by Crippen LogP contribution is -2.14. The van der Waals surface area contributed by atoms with E-state index in [1.165, 1.54) is 0 Å². The number of hydrogen-bond donors (Lipinski definition) is 1. The zero-order chi connectivity index (χ0) is 11.1. The SMILES string of the molecule is c1ccc(NCCOCC2CCOC2)cc1. The van der Waals surface area contributed by atoms with Crippen LogP contribution in [0.3, 0.4) is 0 Å². The van der Waals surface area contributed by atoms with Gasteiger partial charge in [-0.05, 0) is 18.6 Å². The zero-order valence-corrected chi connectivity index (χ0v) is 9.52. The van der Waals surface area contributed by atoms with Gasteiger partial charge in [-0.25, -0.2) is 0 Å². The summed E-state index contributed by atoms with van der Waals surface area (Å²) in [6, 6.07) is 10.2. The summed E-state index contributed by atoms with van der Waals surface area (Å²) in [4.78, 5) is 0. The van der Waals surface area contributed by atoms with Gasteiger partial charge >= 0.3 is 0 Å². The molecular weight excluding hydrogens is 202 g/mol. The molecule has 0 aromatic heterocycles. The molecule has 0 amide bonds. The fourth-order valence-electron chi connectivity index (χ4n) is 1.79. The van der Waals surface area contributed by atoms with E-state index in [0.717, 1.165) is 45.1 Å². The van der Waals surface area contributed by atoms with Gasteiger partial charge in [0.1, 0.15) is 0 Å². The summed E-state index contributed by atoms with van der Waals surface area (Å²) in [6.45, 7) is 4.21. The quantitative estimate of drug-likeness (QED) is 0.747. The number of ether oxygens (including phenoxy) is 2. The molecule has 0 spiro atoms. The summed E-state index contributed by atoms with van der Waals surface area (Å²) >= 11 is 0. The minimum absolute atomic E-state index is 0.608. The van der Waals surface area contributed by atoms with Crippen molar-refractivity contribution in [3.05, 3.63) is 30.3 Å². The summed E-state index contributed by atoms with van der Waals surface area (Å²) in [7, 11) is 0. The maximum atomic E-state index is 5.60. The summed E-state index contributed by atoms with van der Waals surface area (Å²) in [5.74, 6) is 0.608. The van der Waals surface area contributed by atoms with Crippen LogP contribution in [-0.4, -0.2) is 33.0 Å². The Morgan fingerprint density at radius 3 is 2.94 bits per heavy atom. The number of rotatable bonds is 6. The van der Waals surface area contributed by atoms with Crippen LogP contribution < -0.4 is 5.32 Å². The van der Waals surface area contributed by atoms with E-state index in [4.69, 9.17) is 9.47 Å². The Balaban J connectivity index is 1.52. The second kappa shape index (κ2) is 6.51. The van der Waals surface area contributed by atoms with Gasteiger partial charge in [0, 0.05) is 24.8 Å². The number of benzene rings is 1. The molecule has 1 aliphatic heterocycles. The van der Waals surface area contributed by atoms with Gasteiger partial charge < -0.3 is 14.8 Å². The fourth-order valence-corrected chi connectivity index (χ4v) is 1.79. The molecule has 0 radical (unpaired) electrons. The molecule has 0 bridgehead atoms. The summed E-state index contributed by atoms with van der Waals surface area (Å²) < 4.78 is 10.9. The molecule has 1 aromatic carbocycles. The third kappa shape index (κ3) is 3.83. The van der Waals surface area contributed by atoms with Crippen molar-refractivity contribution in [2.45, 2.75) is 6.42 Å². The van der Waals surface area contributed by atoms with E-state index in [1.807, 2.05) is 18.2 Å². The molecular formula is C13H19NO2. The fraction of sp³-hybridized carbons (Fsp3) is 0.538. The lowest BCUT2D eigenvalue weighted by molar-refractivity contribution is 0.0965. The van der Waals surface area contributed by atoms with Gasteiger partial charge in [-0.1, -0.05) is 18.2 Å². The highest BCUT2D eigenvalue weighted by Gasteiger charge is 2.14. The Bertz CT molecular complexity index is 283. The van der Waals surface area contributed by atoms with Crippen LogP contribution in [0.25, 0.3) is 0 Å². The topological polar surface area (TPSA) is 30.5 Å². The van der Waals surface area contributed by atoms with Crippen LogP contribution in [0.2, 0.25) is 0 Å². The van der Waals surface area contributed by atoms with Crippen LogP contribution in [0.4, 0.5) is 5.69 Å². The molecule has 2 rings (SSSR count). The van der Waals surface area contributed by atoms with Gasteiger partial charge in [0.15, 0.2) is 0 Å². The van der Waals surface area contributed by atoms with E-state index in [1.54, 1.807) is 0 Å². The van der Waals surface area contributed by atoms with Crippen molar-refractivity contribution < 1.29 is 9.47 Å². The molecule has 1 N–H and O–H groups in total. The summed E-state index contributed by atoms with van der Waals surface area (Å²) in [6.07, 6.45) is 1.14. The summed E-state index contributed by atoms with van der Waals surface area (Å²) in [5, 5.41) is 3.31. The first kappa shape index (κ1) is 11.4. The monoisotopic (exact) mass is 221 g/mol. The molecule has 88 valence electrons. The molecule has 3 nitrogen and oxygen atoms in total. The second-order valence-electron chi connectivity index (χ2n) is 4.10. The highest BCUT2D eigenvalue weighted by atomic mass is 16.5. The zero-order valence-electron chi connectivity index (χ0n) is 9.52. The van der Waals surface area contributed by atoms with Gasteiger partial charge in [-0.15, -0.1) is 0 Å². The van der Waals surface area contributed by atoms with Crippen LogP contribution in [0.1, 0.15) is 6.42 Å². The van der Waals surface area contributed by atoms with Crippen molar-refractivity contribution >= 4 is 5.69 Å². The maximum absolute atomic E-state index is 5.60. The largest absolute Gasteiger partial charge is 0.383 e. The van der Waals surface area contributed by atoms with Crippen molar-refractivity contribution in [1.82, 2.24) is 0 Å². The minimum Gasteiger partial charge on any atom is -0.383 e. The first-order valence-corrected chi connectivity index (χ1v) is 5.89. The number of para-hydroxylation sites is 1. The third-order valence-electron chi connectivity index (χ3n) is 2.73. The number of anilines is 1. The van der Waals surface area contributed by atoms with Crippen LogP contribution in [-0.2, 0) is 9.47 Å². The van der Waals surface area contributed by atoms with Gasteiger partial charge in [0.05, 0.1) is 19.8 Å². The van der Waals surface area contributed by atoms with Crippen LogP contribution in [0.15, 0.2) is 30.3 Å². The van der Waals surface area contributed by atoms with E-state index >= 15 is 0 Å². The molecule has 1 aliphatic rings. The van der Waals surface area contributed by atoms with Gasteiger partial charge in [0.25, 0.3) is 0 Å². The smallest absolute Gasteiger partial charge is 0.0639 e. The normalized spacial score (nSPS) is 19.9. The molecule has 1 saturated heterocycles. The highest BCUT2D eigenvalue weighted by molar-refractivity contribution is 5.42. The molecule has 1 heterocycles. The Hall–Kier alpha value is -1.06. The minimum atomic E-state index is 0.608. The number of hydrogen-bond acceptors (Lipinski definition) is 3. The van der Waals surface area contributed by atoms with E-state index in [9.17, 15) is 0 Å². The van der Waals surface area contributed by atoms with E-state index < -0.39 is 0 Å².